The molecule has 1 atom stereocenters. The second kappa shape index (κ2) is 10.8. The predicted octanol–water partition coefficient (Wildman–Crippen LogP) is 7.88. The zero-order valence-electron chi connectivity index (χ0n) is 16.7. The molecule has 7 heteroatoms. The number of carbonyl (C=O) groups excluding carboxylic acids is 1. The number of hydrogen-bond donors (Lipinski definition) is 1. The molecule has 0 spiro atoms. The van der Waals surface area contributed by atoms with Crippen molar-refractivity contribution >= 4 is 58.0 Å². The van der Waals surface area contributed by atoms with Crippen LogP contribution in [0.3, 0.4) is 0 Å². The maximum Gasteiger partial charge on any atom is 0.412 e. The Morgan fingerprint density at radius 1 is 1.33 bits per heavy atom. The third-order valence-electron chi connectivity index (χ3n) is 4.13. The van der Waals surface area contributed by atoms with Crippen molar-refractivity contribution in [2.45, 2.75) is 20.0 Å². The largest absolute Gasteiger partial charge is 0.441 e. The summed E-state index contributed by atoms with van der Waals surface area (Å²) in [5.74, 6) is 0.660. The van der Waals surface area contributed by atoms with Crippen LogP contribution < -0.4 is 5.32 Å². The van der Waals surface area contributed by atoms with Gasteiger partial charge in [0.1, 0.15) is 11.8 Å². The summed E-state index contributed by atoms with van der Waals surface area (Å²) in [6.45, 7) is 14.5. The van der Waals surface area contributed by atoms with Gasteiger partial charge in [0.05, 0.1) is 5.56 Å². The van der Waals surface area contributed by atoms with Crippen LogP contribution in [0.2, 0.25) is 0 Å². The van der Waals surface area contributed by atoms with E-state index in [1.54, 1.807) is 19.1 Å². The number of hydrogen-bond acceptors (Lipinski definition) is 4. The number of carbonyl (C=O) groups is 1. The van der Waals surface area contributed by atoms with Crippen molar-refractivity contribution in [3.8, 4) is 11.3 Å². The minimum absolute atomic E-state index is 0.246. The standard InChI is InChI=1S/C23H22BrClN2O3/c1-6-9-18(19(25)8-3)14(4)29-23(28)27-20-17(7-2)22(26-5)30-21(20)15-10-12-16(24)13-11-15/h6-14H,2-3,5H2,1,4H3,(H,27,28)/b9-6-,19-18-/t14-/m1/s1. The first-order valence-corrected chi connectivity index (χ1v) is 10.2. The summed E-state index contributed by atoms with van der Waals surface area (Å²) in [6, 6.07) is 7.42. The third-order valence-corrected chi connectivity index (χ3v) is 5.03. The minimum atomic E-state index is -0.684. The van der Waals surface area contributed by atoms with Gasteiger partial charge in [0, 0.05) is 20.6 Å². The lowest BCUT2D eigenvalue weighted by atomic mass is 10.1. The van der Waals surface area contributed by atoms with Crippen molar-refractivity contribution in [3.63, 3.8) is 0 Å². The number of benzene rings is 1. The first-order valence-electron chi connectivity index (χ1n) is 9.00. The molecule has 30 heavy (non-hydrogen) atoms. The van der Waals surface area contributed by atoms with E-state index < -0.39 is 12.2 Å². The summed E-state index contributed by atoms with van der Waals surface area (Å²) < 4.78 is 12.3. The molecule has 2 rings (SSSR count). The summed E-state index contributed by atoms with van der Waals surface area (Å²) in [7, 11) is 0. The van der Waals surface area contributed by atoms with Crippen molar-refractivity contribution in [1.82, 2.24) is 0 Å². The molecule has 0 saturated heterocycles. The summed E-state index contributed by atoms with van der Waals surface area (Å²) in [4.78, 5) is 16.6. The molecule has 0 unspecified atom stereocenters. The monoisotopic (exact) mass is 488 g/mol. The van der Waals surface area contributed by atoms with Gasteiger partial charge in [-0.3, -0.25) is 5.32 Å². The highest BCUT2D eigenvalue weighted by Crippen LogP contribution is 2.41. The molecule has 1 amide bonds. The number of rotatable bonds is 8. The number of halogens is 2. The molecule has 5 nitrogen and oxygen atoms in total. The molecule has 1 N–H and O–H groups in total. The average molecular weight is 490 g/mol. The lowest BCUT2D eigenvalue weighted by molar-refractivity contribution is 0.138. The smallest absolute Gasteiger partial charge is 0.412 e. The SMILES string of the molecule is C=C/C(Cl)=C(\C=C/C)[C@@H](C)OC(=O)Nc1c(-c2ccc(Br)cc2)oc(N=C)c1C=C. The second-order valence-corrected chi connectivity index (χ2v) is 7.40. The number of allylic oxidation sites excluding steroid dienone is 3. The molecule has 0 fully saturated rings. The van der Waals surface area contributed by atoms with E-state index >= 15 is 0 Å². The summed E-state index contributed by atoms with van der Waals surface area (Å²) in [5.41, 5.74) is 2.25. The Balaban J connectivity index is 2.39. The Morgan fingerprint density at radius 2 is 2.00 bits per heavy atom. The van der Waals surface area contributed by atoms with Gasteiger partial charge in [0.15, 0.2) is 5.76 Å². The average Bonchev–Trinajstić information content (AvgIpc) is 3.08. The Bertz CT molecular complexity index is 1020. The first-order chi connectivity index (χ1) is 14.4. The molecular formula is C23H22BrClN2O3. The van der Waals surface area contributed by atoms with E-state index in [2.05, 4.69) is 46.1 Å². The van der Waals surface area contributed by atoms with Crippen LogP contribution in [0.5, 0.6) is 0 Å². The molecule has 1 heterocycles. The fraction of sp³-hybridized carbons (Fsp3) is 0.130. The Labute approximate surface area is 189 Å². The number of ether oxygens (including phenoxy) is 1. The summed E-state index contributed by atoms with van der Waals surface area (Å²) >= 11 is 9.59. The Kier molecular flexibility index (Phi) is 8.45. The quantitative estimate of drug-likeness (QED) is 0.303. The fourth-order valence-electron chi connectivity index (χ4n) is 2.73. The molecule has 0 bridgehead atoms. The van der Waals surface area contributed by atoms with Crippen LogP contribution in [0.15, 0.2) is 80.1 Å². The minimum Gasteiger partial charge on any atom is -0.441 e. The summed E-state index contributed by atoms with van der Waals surface area (Å²) in [5, 5.41) is 3.14. The molecule has 1 aromatic heterocycles. The number of aliphatic imine (C=N–C) groups is 1. The number of nitrogens with one attached hydrogen (secondary N) is 1. The van der Waals surface area contributed by atoms with E-state index in [4.69, 9.17) is 20.8 Å². The van der Waals surface area contributed by atoms with E-state index in [0.717, 1.165) is 10.0 Å². The van der Waals surface area contributed by atoms with Crippen molar-refractivity contribution < 1.29 is 13.9 Å². The highest BCUT2D eigenvalue weighted by Gasteiger charge is 2.23. The molecule has 0 aliphatic heterocycles. The number of amides is 1. The molecule has 2 aromatic rings. The van der Waals surface area contributed by atoms with Crippen molar-refractivity contribution in [1.29, 1.82) is 0 Å². The van der Waals surface area contributed by atoms with E-state index in [-0.39, 0.29) is 5.88 Å². The zero-order valence-corrected chi connectivity index (χ0v) is 19.1. The maximum atomic E-state index is 12.7. The first kappa shape index (κ1) is 23.4. The van der Waals surface area contributed by atoms with Crippen molar-refractivity contribution in [2.75, 3.05) is 5.32 Å². The van der Waals surface area contributed by atoms with E-state index in [1.165, 1.54) is 12.2 Å². The zero-order chi connectivity index (χ0) is 22.3. The van der Waals surface area contributed by atoms with Crippen molar-refractivity contribution in [3.05, 3.63) is 76.3 Å². The van der Waals surface area contributed by atoms with Crippen LogP contribution in [0.25, 0.3) is 17.4 Å². The third kappa shape index (κ3) is 5.40. The lowest BCUT2D eigenvalue weighted by Crippen LogP contribution is -2.22. The molecule has 0 radical (unpaired) electrons. The molecule has 0 aliphatic rings. The second-order valence-electron chi connectivity index (χ2n) is 6.07. The molecular weight excluding hydrogens is 468 g/mol. The van der Waals surface area contributed by atoms with E-state index in [1.807, 2.05) is 31.2 Å². The topological polar surface area (TPSA) is 63.8 Å². The maximum absolute atomic E-state index is 12.7. The lowest BCUT2D eigenvalue weighted by Gasteiger charge is -2.16. The van der Waals surface area contributed by atoms with E-state index in [9.17, 15) is 4.79 Å². The van der Waals surface area contributed by atoms with Gasteiger partial charge in [-0.2, -0.15) is 0 Å². The number of furan rings is 1. The van der Waals surface area contributed by atoms with Crippen LogP contribution in [0.4, 0.5) is 16.4 Å². The Hall–Kier alpha value is -2.83. The van der Waals surface area contributed by atoms with Gasteiger partial charge in [-0.15, -0.1) is 0 Å². The predicted molar refractivity (Wildman–Crippen MR) is 129 cm³/mol. The van der Waals surface area contributed by atoms with Gasteiger partial charge in [-0.25, -0.2) is 9.79 Å². The van der Waals surface area contributed by atoms with Crippen molar-refractivity contribution in [2.24, 2.45) is 4.99 Å². The highest BCUT2D eigenvalue weighted by atomic mass is 79.9. The van der Waals surface area contributed by atoms with Gasteiger partial charge in [-0.05, 0) is 32.7 Å². The normalized spacial score (nSPS) is 12.8. The molecule has 156 valence electrons. The van der Waals surface area contributed by atoms with Crippen LogP contribution in [0.1, 0.15) is 19.4 Å². The molecule has 0 aliphatic carbocycles. The number of anilines is 1. The van der Waals surface area contributed by atoms with Crippen LogP contribution >= 0.6 is 27.5 Å². The van der Waals surface area contributed by atoms with Crippen LogP contribution in [-0.4, -0.2) is 18.9 Å². The van der Waals surface area contributed by atoms with Gasteiger partial charge in [0.25, 0.3) is 0 Å². The number of nitrogens with zero attached hydrogens (tertiary/aromatic N) is 1. The Morgan fingerprint density at radius 3 is 2.53 bits per heavy atom. The van der Waals surface area contributed by atoms with Gasteiger partial charge in [0.2, 0.25) is 5.88 Å². The molecule has 1 aromatic carbocycles. The van der Waals surface area contributed by atoms with Gasteiger partial charge in [-0.1, -0.05) is 77.1 Å². The molecule has 0 saturated carbocycles. The highest BCUT2D eigenvalue weighted by molar-refractivity contribution is 9.10. The fourth-order valence-corrected chi connectivity index (χ4v) is 3.21. The van der Waals surface area contributed by atoms with Gasteiger partial charge >= 0.3 is 6.09 Å². The van der Waals surface area contributed by atoms with Crippen LogP contribution in [0, 0.1) is 0 Å². The van der Waals surface area contributed by atoms with Crippen LogP contribution in [-0.2, 0) is 4.74 Å². The van der Waals surface area contributed by atoms with E-state index in [0.29, 0.717) is 27.6 Å². The summed E-state index contributed by atoms with van der Waals surface area (Å²) in [6.07, 6.45) is 5.30. The van der Waals surface area contributed by atoms with Gasteiger partial charge < -0.3 is 9.15 Å².